The number of aryl methyl sites for hydroxylation is 1. The molecule has 5 heteroatoms. The predicted octanol–water partition coefficient (Wildman–Crippen LogP) is 1.74. The molecule has 16 heavy (non-hydrogen) atoms. The molecule has 0 aliphatic heterocycles. The number of carboxylic acids is 1. The summed E-state index contributed by atoms with van der Waals surface area (Å²) in [5, 5.41) is 9.73. The fraction of sp³-hybridized carbons (Fsp3) is 0.455. The molecule has 4 nitrogen and oxygen atoms in total. The molecule has 88 valence electrons. The summed E-state index contributed by atoms with van der Waals surface area (Å²) in [7, 11) is 4.04. The lowest BCUT2D eigenvalue weighted by Gasteiger charge is -2.08. The van der Waals surface area contributed by atoms with Crippen LogP contribution in [0.1, 0.15) is 16.1 Å². The van der Waals surface area contributed by atoms with Gasteiger partial charge in [0, 0.05) is 12.3 Å². The van der Waals surface area contributed by atoms with Crippen molar-refractivity contribution in [2.45, 2.75) is 11.9 Å². The largest absolute Gasteiger partial charge is 0.478 e. The summed E-state index contributed by atoms with van der Waals surface area (Å²) < 4.78 is 0. The Morgan fingerprint density at radius 2 is 2.19 bits per heavy atom. The summed E-state index contributed by atoms with van der Waals surface area (Å²) in [4.78, 5) is 17.1. The van der Waals surface area contributed by atoms with Gasteiger partial charge in [-0.3, -0.25) is 0 Å². The van der Waals surface area contributed by atoms with Gasteiger partial charge in [-0.05, 0) is 33.2 Å². The number of aromatic nitrogens is 1. The topological polar surface area (TPSA) is 53.4 Å². The van der Waals surface area contributed by atoms with Crippen LogP contribution >= 0.6 is 11.8 Å². The van der Waals surface area contributed by atoms with Gasteiger partial charge in [0.1, 0.15) is 0 Å². The molecule has 0 saturated carbocycles. The number of hydrogen-bond acceptors (Lipinski definition) is 4. The Balaban J connectivity index is 2.63. The van der Waals surface area contributed by atoms with E-state index in [1.165, 1.54) is 0 Å². The van der Waals surface area contributed by atoms with E-state index < -0.39 is 5.97 Å². The Hall–Kier alpha value is -1.07. The zero-order valence-corrected chi connectivity index (χ0v) is 10.5. The molecule has 0 unspecified atom stereocenters. The lowest BCUT2D eigenvalue weighted by Crippen LogP contribution is -2.14. The minimum absolute atomic E-state index is 0.275. The van der Waals surface area contributed by atoms with Crippen molar-refractivity contribution in [2.24, 2.45) is 0 Å². The molecule has 0 radical (unpaired) electrons. The highest BCUT2D eigenvalue weighted by Gasteiger charge is 2.08. The summed E-state index contributed by atoms with van der Waals surface area (Å²) in [6, 6.07) is 3.37. The molecule has 1 aromatic heterocycles. The molecular weight excluding hydrogens is 224 g/mol. The van der Waals surface area contributed by atoms with Crippen LogP contribution in [0, 0.1) is 6.92 Å². The van der Waals surface area contributed by atoms with Crippen molar-refractivity contribution in [1.29, 1.82) is 0 Å². The fourth-order valence-corrected chi connectivity index (χ4v) is 2.21. The normalized spacial score (nSPS) is 10.8. The lowest BCUT2D eigenvalue weighted by atomic mass is 10.2. The van der Waals surface area contributed by atoms with Gasteiger partial charge in [0.25, 0.3) is 0 Å². The second kappa shape index (κ2) is 5.86. The van der Waals surface area contributed by atoms with E-state index in [-0.39, 0.29) is 5.56 Å². The number of carboxylic acid groups (broad SMARTS) is 1. The van der Waals surface area contributed by atoms with Gasteiger partial charge >= 0.3 is 5.97 Å². The molecule has 0 saturated heterocycles. The molecule has 0 aromatic carbocycles. The maximum atomic E-state index is 10.8. The zero-order chi connectivity index (χ0) is 12.1. The van der Waals surface area contributed by atoms with Crippen LogP contribution in [0.4, 0.5) is 0 Å². The summed E-state index contributed by atoms with van der Waals surface area (Å²) in [6.07, 6.45) is 0. The summed E-state index contributed by atoms with van der Waals surface area (Å²) in [6.45, 7) is 2.70. The molecular formula is C11H16N2O2S. The molecule has 1 aromatic rings. The van der Waals surface area contributed by atoms with Gasteiger partial charge in [0.2, 0.25) is 0 Å². The Kier molecular flexibility index (Phi) is 4.76. The maximum absolute atomic E-state index is 10.8. The molecule has 0 aliphatic rings. The molecule has 0 aliphatic carbocycles. The molecule has 1 N–H and O–H groups in total. The van der Waals surface area contributed by atoms with E-state index >= 15 is 0 Å². The Labute approximate surface area is 99.7 Å². The van der Waals surface area contributed by atoms with Crippen LogP contribution in [0.25, 0.3) is 0 Å². The van der Waals surface area contributed by atoms with Crippen LogP contribution in [0.15, 0.2) is 17.2 Å². The first-order valence-corrected chi connectivity index (χ1v) is 5.97. The van der Waals surface area contributed by atoms with Crippen LogP contribution in [0.5, 0.6) is 0 Å². The average Bonchev–Trinajstić information content (AvgIpc) is 2.16. The number of rotatable bonds is 5. The van der Waals surface area contributed by atoms with Gasteiger partial charge in [-0.15, -0.1) is 11.8 Å². The summed E-state index contributed by atoms with van der Waals surface area (Å²) >= 11 is 1.64. The van der Waals surface area contributed by atoms with E-state index in [9.17, 15) is 4.79 Å². The molecule has 1 heterocycles. The first-order valence-electron chi connectivity index (χ1n) is 4.99. The smallest absolute Gasteiger partial charge is 0.337 e. The molecule has 0 fully saturated rings. The minimum atomic E-state index is -0.921. The number of thioether (sulfide) groups is 1. The van der Waals surface area contributed by atoms with Crippen LogP contribution in [0.2, 0.25) is 0 Å². The third-order valence-electron chi connectivity index (χ3n) is 2.08. The zero-order valence-electron chi connectivity index (χ0n) is 9.73. The van der Waals surface area contributed by atoms with E-state index in [1.807, 2.05) is 14.1 Å². The van der Waals surface area contributed by atoms with Crippen molar-refractivity contribution in [3.63, 3.8) is 0 Å². The predicted molar refractivity (Wildman–Crippen MR) is 65.2 cm³/mol. The Bertz CT molecular complexity index is 380. The number of hydrogen-bond donors (Lipinski definition) is 1. The van der Waals surface area contributed by atoms with Crippen molar-refractivity contribution in [3.8, 4) is 0 Å². The second-order valence-electron chi connectivity index (χ2n) is 3.74. The van der Waals surface area contributed by atoms with Gasteiger partial charge in [0.15, 0.2) is 0 Å². The van der Waals surface area contributed by atoms with Gasteiger partial charge < -0.3 is 10.0 Å². The SMILES string of the molecule is Cc1nc(SCCN(C)C)ccc1C(=O)O. The van der Waals surface area contributed by atoms with Gasteiger partial charge in [-0.1, -0.05) is 0 Å². The van der Waals surface area contributed by atoms with Crippen LogP contribution in [-0.2, 0) is 0 Å². The third-order valence-corrected chi connectivity index (χ3v) is 2.99. The average molecular weight is 240 g/mol. The maximum Gasteiger partial charge on any atom is 0.337 e. The molecule has 1 rings (SSSR count). The van der Waals surface area contributed by atoms with Gasteiger partial charge in [-0.2, -0.15) is 0 Å². The second-order valence-corrected chi connectivity index (χ2v) is 4.85. The van der Waals surface area contributed by atoms with Crippen LogP contribution < -0.4 is 0 Å². The monoisotopic (exact) mass is 240 g/mol. The first kappa shape index (κ1) is 13.0. The van der Waals surface area contributed by atoms with E-state index in [1.54, 1.807) is 30.8 Å². The highest BCUT2D eigenvalue weighted by molar-refractivity contribution is 7.99. The number of nitrogens with zero attached hydrogens (tertiary/aromatic N) is 2. The standard InChI is InChI=1S/C11H16N2O2S/c1-8-9(11(14)15)4-5-10(12-8)16-7-6-13(2)3/h4-5H,6-7H2,1-3H3,(H,14,15). The molecule has 0 bridgehead atoms. The van der Waals surface area contributed by atoms with Crippen molar-refractivity contribution >= 4 is 17.7 Å². The van der Waals surface area contributed by atoms with Crippen molar-refractivity contribution < 1.29 is 9.90 Å². The van der Waals surface area contributed by atoms with Crippen molar-refractivity contribution in [2.75, 3.05) is 26.4 Å². The summed E-state index contributed by atoms with van der Waals surface area (Å²) in [5.74, 6) is 0.0288. The third kappa shape index (κ3) is 3.83. The molecule has 0 spiro atoms. The van der Waals surface area contributed by atoms with E-state index in [0.29, 0.717) is 5.69 Å². The van der Waals surface area contributed by atoms with E-state index in [4.69, 9.17) is 5.11 Å². The highest BCUT2D eigenvalue weighted by Crippen LogP contribution is 2.17. The van der Waals surface area contributed by atoms with E-state index in [0.717, 1.165) is 17.3 Å². The lowest BCUT2D eigenvalue weighted by molar-refractivity contribution is 0.0695. The number of pyridine rings is 1. The highest BCUT2D eigenvalue weighted by atomic mass is 32.2. The quantitative estimate of drug-likeness (QED) is 0.794. The first-order chi connectivity index (χ1) is 7.50. The number of carbonyl (C=O) groups is 1. The van der Waals surface area contributed by atoms with Crippen LogP contribution in [0.3, 0.4) is 0 Å². The fourth-order valence-electron chi connectivity index (χ4n) is 1.18. The Morgan fingerprint density at radius 1 is 1.50 bits per heavy atom. The van der Waals surface area contributed by atoms with Crippen molar-refractivity contribution in [3.05, 3.63) is 23.4 Å². The Morgan fingerprint density at radius 3 is 2.69 bits per heavy atom. The molecule has 0 amide bonds. The molecule has 0 atom stereocenters. The van der Waals surface area contributed by atoms with Gasteiger partial charge in [0.05, 0.1) is 16.3 Å². The minimum Gasteiger partial charge on any atom is -0.478 e. The summed E-state index contributed by atoms with van der Waals surface area (Å²) in [5.41, 5.74) is 0.847. The number of aromatic carboxylic acids is 1. The van der Waals surface area contributed by atoms with E-state index in [2.05, 4.69) is 9.88 Å². The van der Waals surface area contributed by atoms with Crippen LogP contribution in [-0.4, -0.2) is 47.4 Å². The van der Waals surface area contributed by atoms with Crippen molar-refractivity contribution in [1.82, 2.24) is 9.88 Å². The van der Waals surface area contributed by atoms with Gasteiger partial charge in [-0.25, -0.2) is 9.78 Å².